The van der Waals surface area contributed by atoms with Crippen molar-refractivity contribution in [3.05, 3.63) is 24.3 Å². The van der Waals surface area contributed by atoms with Gasteiger partial charge in [-0.3, -0.25) is 19.3 Å². The van der Waals surface area contributed by atoms with E-state index in [-0.39, 0.29) is 18.2 Å². The van der Waals surface area contributed by atoms with Crippen LogP contribution in [0.5, 0.6) is 0 Å². The average Bonchev–Trinajstić information content (AvgIpc) is 3.02. The molecule has 1 aromatic carbocycles. The average molecular weight is 334 g/mol. The zero-order valence-corrected chi connectivity index (χ0v) is 13.6. The summed E-state index contributed by atoms with van der Waals surface area (Å²) in [7, 11) is 1.67. The van der Waals surface area contributed by atoms with Crippen LogP contribution < -0.4 is 4.90 Å². The number of nitrogens with zero attached hydrogens (tertiary/aromatic N) is 2. The first-order chi connectivity index (χ1) is 11.0. The number of fused-ring (bicyclic) bond motifs is 3. The predicted octanol–water partition coefficient (Wildman–Crippen LogP) is 1.94. The van der Waals surface area contributed by atoms with E-state index in [9.17, 15) is 14.4 Å². The van der Waals surface area contributed by atoms with Crippen molar-refractivity contribution < 1.29 is 19.5 Å². The Balaban J connectivity index is 1.82. The van der Waals surface area contributed by atoms with Gasteiger partial charge in [0.05, 0.1) is 5.69 Å². The molecule has 0 saturated carbocycles. The van der Waals surface area contributed by atoms with E-state index in [0.717, 1.165) is 10.6 Å². The molecule has 7 heteroatoms. The van der Waals surface area contributed by atoms with Crippen LogP contribution in [0.1, 0.15) is 25.7 Å². The van der Waals surface area contributed by atoms with Crippen LogP contribution in [0.15, 0.2) is 29.2 Å². The standard InChI is InChI=1S/C16H18N2O4S/c1-17(10-4-7-14(20)21)15(22)16-9-8-13(19)18(16)11-5-2-3-6-12(11)23-16/h2-3,5-6H,4,7-10H2,1H3,(H,20,21). The van der Waals surface area contributed by atoms with Gasteiger partial charge in [0.25, 0.3) is 5.91 Å². The van der Waals surface area contributed by atoms with Crippen molar-refractivity contribution in [3.63, 3.8) is 0 Å². The van der Waals surface area contributed by atoms with Crippen LogP contribution in [0.25, 0.3) is 0 Å². The fraction of sp³-hybridized carbons (Fsp3) is 0.438. The summed E-state index contributed by atoms with van der Waals surface area (Å²) in [4.78, 5) is 39.2. The van der Waals surface area contributed by atoms with Crippen molar-refractivity contribution >= 4 is 35.2 Å². The number of hydrogen-bond acceptors (Lipinski definition) is 4. The molecule has 1 N–H and O–H groups in total. The molecule has 23 heavy (non-hydrogen) atoms. The van der Waals surface area contributed by atoms with Crippen LogP contribution in [0.2, 0.25) is 0 Å². The van der Waals surface area contributed by atoms with Gasteiger partial charge in [-0.25, -0.2) is 0 Å². The van der Waals surface area contributed by atoms with Gasteiger partial charge in [-0.1, -0.05) is 23.9 Å². The fourth-order valence-corrected chi connectivity index (χ4v) is 4.66. The van der Waals surface area contributed by atoms with Gasteiger partial charge in [-0.15, -0.1) is 0 Å². The molecule has 2 aliphatic heterocycles. The molecule has 2 amide bonds. The molecule has 0 spiro atoms. The SMILES string of the molecule is CN(CCCC(=O)O)C(=O)C12CCC(=O)N1c1ccccc1S2. The summed E-state index contributed by atoms with van der Waals surface area (Å²) in [6.45, 7) is 0.367. The number of carbonyl (C=O) groups is 3. The first kappa shape index (κ1) is 15.9. The second-order valence-corrected chi connectivity index (χ2v) is 7.13. The van der Waals surface area contributed by atoms with E-state index in [1.54, 1.807) is 16.8 Å². The highest BCUT2D eigenvalue weighted by molar-refractivity contribution is 8.02. The highest BCUT2D eigenvalue weighted by Gasteiger charge is 2.58. The number of aliphatic carboxylic acids is 1. The molecule has 1 atom stereocenters. The predicted molar refractivity (Wildman–Crippen MR) is 86.3 cm³/mol. The lowest BCUT2D eigenvalue weighted by atomic mass is 10.1. The number of carbonyl (C=O) groups excluding carboxylic acids is 2. The number of para-hydroxylation sites is 1. The van der Waals surface area contributed by atoms with E-state index in [2.05, 4.69) is 0 Å². The molecule has 0 aliphatic carbocycles. The molecule has 1 fully saturated rings. The maximum absolute atomic E-state index is 13.0. The maximum atomic E-state index is 13.0. The summed E-state index contributed by atoms with van der Waals surface area (Å²) in [6.07, 6.45) is 1.27. The van der Waals surface area contributed by atoms with Gasteiger partial charge in [0.1, 0.15) is 0 Å². The van der Waals surface area contributed by atoms with Gasteiger partial charge < -0.3 is 10.0 Å². The molecule has 0 radical (unpaired) electrons. The third kappa shape index (κ3) is 2.59. The van der Waals surface area contributed by atoms with Crippen LogP contribution in [0.3, 0.4) is 0 Å². The topological polar surface area (TPSA) is 77.9 Å². The minimum atomic E-state index is -0.904. The van der Waals surface area contributed by atoms with Crippen LogP contribution in [0.4, 0.5) is 5.69 Å². The van der Waals surface area contributed by atoms with Crippen molar-refractivity contribution in [1.82, 2.24) is 4.90 Å². The van der Waals surface area contributed by atoms with E-state index in [1.807, 2.05) is 24.3 Å². The largest absolute Gasteiger partial charge is 0.481 e. The second-order valence-electron chi connectivity index (χ2n) is 5.81. The summed E-state index contributed by atoms with van der Waals surface area (Å²) in [5.74, 6) is -1.03. The quantitative estimate of drug-likeness (QED) is 0.890. The Labute approximate surface area is 138 Å². The van der Waals surface area contributed by atoms with E-state index in [4.69, 9.17) is 5.11 Å². The smallest absolute Gasteiger partial charge is 0.303 e. The van der Waals surface area contributed by atoms with Crippen molar-refractivity contribution in [1.29, 1.82) is 0 Å². The molecule has 0 bridgehead atoms. The van der Waals surface area contributed by atoms with Crippen LogP contribution in [-0.2, 0) is 14.4 Å². The summed E-state index contributed by atoms with van der Waals surface area (Å²) in [5.41, 5.74) is 0.798. The molecule has 0 aromatic heterocycles. The second kappa shape index (κ2) is 5.88. The summed E-state index contributed by atoms with van der Waals surface area (Å²) >= 11 is 1.43. The minimum absolute atomic E-state index is 0.0284. The summed E-state index contributed by atoms with van der Waals surface area (Å²) in [6, 6.07) is 7.55. The molecule has 2 heterocycles. The third-order valence-corrected chi connectivity index (χ3v) is 5.70. The zero-order chi connectivity index (χ0) is 16.6. The van der Waals surface area contributed by atoms with Gasteiger partial charge in [-0.05, 0) is 25.0 Å². The highest BCUT2D eigenvalue weighted by Crippen LogP contribution is 2.56. The number of thioether (sulfide) groups is 1. The lowest BCUT2D eigenvalue weighted by Crippen LogP contribution is -2.53. The molecular weight excluding hydrogens is 316 g/mol. The highest BCUT2D eigenvalue weighted by atomic mass is 32.2. The molecule has 122 valence electrons. The molecule has 1 aromatic rings. The Morgan fingerprint density at radius 2 is 2.13 bits per heavy atom. The van der Waals surface area contributed by atoms with Crippen LogP contribution in [0, 0.1) is 0 Å². The Kier molecular flexibility index (Phi) is 4.06. The fourth-order valence-electron chi connectivity index (χ4n) is 3.15. The number of carboxylic acid groups (broad SMARTS) is 1. The van der Waals surface area contributed by atoms with E-state index >= 15 is 0 Å². The minimum Gasteiger partial charge on any atom is -0.481 e. The maximum Gasteiger partial charge on any atom is 0.303 e. The zero-order valence-electron chi connectivity index (χ0n) is 12.8. The van der Waals surface area contributed by atoms with Crippen molar-refractivity contribution in [2.75, 3.05) is 18.5 Å². The van der Waals surface area contributed by atoms with Gasteiger partial charge in [0.15, 0.2) is 4.87 Å². The van der Waals surface area contributed by atoms with Crippen molar-refractivity contribution in [2.24, 2.45) is 0 Å². The monoisotopic (exact) mass is 334 g/mol. The lowest BCUT2D eigenvalue weighted by molar-refractivity contribution is -0.138. The Hall–Kier alpha value is -2.02. The number of benzene rings is 1. The van der Waals surface area contributed by atoms with Crippen molar-refractivity contribution in [2.45, 2.75) is 35.4 Å². The number of rotatable bonds is 5. The number of carboxylic acids is 1. The number of amides is 2. The van der Waals surface area contributed by atoms with E-state index in [1.165, 1.54) is 11.8 Å². The molecular formula is C16H18N2O4S. The lowest BCUT2D eigenvalue weighted by Gasteiger charge is -2.33. The Bertz CT molecular complexity index is 678. The van der Waals surface area contributed by atoms with E-state index in [0.29, 0.717) is 25.8 Å². The van der Waals surface area contributed by atoms with Crippen molar-refractivity contribution in [3.8, 4) is 0 Å². The van der Waals surface area contributed by atoms with Gasteiger partial charge >= 0.3 is 5.97 Å². The Morgan fingerprint density at radius 3 is 2.87 bits per heavy atom. The van der Waals surface area contributed by atoms with Crippen LogP contribution >= 0.6 is 11.8 Å². The molecule has 2 aliphatic rings. The summed E-state index contributed by atoms with van der Waals surface area (Å²) in [5, 5.41) is 8.72. The number of likely N-dealkylation sites (N-methyl/N-ethyl adjacent to an activating group) is 1. The van der Waals surface area contributed by atoms with Gasteiger partial charge in [0.2, 0.25) is 5.91 Å². The number of hydrogen-bond donors (Lipinski definition) is 1. The third-order valence-electron chi connectivity index (χ3n) is 4.24. The molecule has 1 unspecified atom stereocenters. The molecule has 6 nitrogen and oxygen atoms in total. The van der Waals surface area contributed by atoms with E-state index < -0.39 is 10.8 Å². The van der Waals surface area contributed by atoms with Crippen LogP contribution in [-0.4, -0.2) is 46.3 Å². The normalized spacial score (nSPS) is 22.0. The van der Waals surface area contributed by atoms with Gasteiger partial charge in [-0.2, -0.15) is 0 Å². The molecule has 3 rings (SSSR count). The first-order valence-electron chi connectivity index (χ1n) is 7.54. The Morgan fingerprint density at radius 1 is 1.39 bits per heavy atom. The summed E-state index contributed by atoms with van der Waals surface area (Å²) < 4.78 is 0. The first-order valence-corrected chi connectivity index (χ1v) is 8.36. The number of anilines is 1. The van der Waals surface area contributed by atoms with Gasteiger partial charge in [0, 0.05) is 31.3 Å². The molecule has 1 saturated heterocycles.